The van der Waals surface area contributed by atoms with E-state index in [4.69, 9.17) is 46.4 Å². The van der Waals surface area contributed by atoms with Gasteiger partial charge in [0.2, 0.25) is 0 Å². The molecular formula is C64H92O10SSi3. The molecule has 10 atom stereocenters. The lowest BCUT2D eigenvalue weighted by atomic mass is 9.97. The van der Waals surface area contributed by atoms with E-state index in [9.17, 15) is 0 Å². The molecule has 0 unspecified atom stereocenters. The van der Waals surface area contributed by atoms with Gasteiger partial charge in [0.1, 0.15) is 54.3 Å². The highest BCUT2D eigenvalue weighted by Gasteiger charge is 2.59. The summed E-state index contributed by atoms with van der Waals surface area (Å²) in [6, 6.07) is 51.4. The van der Waals surface area contributed by atoms with Crippen molar-refractivity contribution in [1.82, 2.24) is 0 Å². The first kappa shape index (κ1) is 62.3. The summed E-state index contributed by atoms with van der Waals surface area (Å²) in [4.78, 5) is 1.04. The van der Waals surface area contributed by atoms with Crippen LogP contribution in [0, 0.1) is 0 Å². The van der Waals surface area contributed by atoms with E-state index in [1.165, 1.54) is 0 Å². The molecule has 2 aliphatic heterocycles. The Labute approximate surface area is 476 Å². The number of benzene rings is 5. The van der Waals surface area contributed by atoms with Crippen LogP contribution in [-0.2, 0) is 72.9 Å². The molecule has 78 heavy (non-hydrogen) atoms. The molecule has 0 aliphatic carbocycles. The minimum Gasteiger partial charge on any atom is -0.408 e. The first-order valence-corrected chi connectivity index (χ1v) is 37.7. The summed E-state index contributed by atoms with van der Waals surface area (Å²) in [7, 11) is -7.82. The van der Waals surface area contributed by atoms with E-state index in [2.05, 4.69) is 162 Å². The normalized spacial score (nSPS) is 24.8. The number of hydrogen-bond acceptors (Lipinski definition) is 11. The van der Waals surface area contributed by atoms with E-state index in [-0.39, 0.29) is 28.3 Å². The van der Waals surface area contributed by atoms with Crippen molar-refractivity contribution in [2.75, 3.05) is 13.2 Å². The van der Waals surface area contributed by atoms with Crippen LogP contribution in [0.2, 0.25) is 54.4 Å². The minimum absolute atomic E-state index is 0.133. The zero-order chi connectivity index (χ0) is 56.4. The van der Waals surface area contributed by atoms with E-state index in [1.54, 1.807) is 11.8 Å². The van der Waals surface area contributed by atoms with Gasteiger partial charge in [-0.3, -0.25) is 0 Å². The Bertz CT molecular complexity index is 2520. The summed E-state index contributed by atoms with van der Waals surface area (Å²) >= 11 is 1.62. The molecule has 10 nitrogen and oxygen atoms in total. The molecule has 0 aromatic heterocycles. The predicted molar refractivity (Wildman–Crippen MR) is 323 cm³/mol. The van der Waals surface area contributed by atoms with Gasteiger partial charge in [-0.1, -0.05) is 214 Å². The standard InChI is InChI=1S/C64H92O10SSi3/c1-62(2,3)76(10,11)72-55-53(46-66-42-48-33-23-17-24-34-48)69-60(58(74-78(14,15)64(7,8)9)57(55)73-77(12,13)63(4,5)6)71-54-52(45-65-41-47-31-21-16-22-32-47)70-61(75-51-39-29-20-30-40-51)59(68-44-50-37-27-19-28-38-50)56(54)67-43-49-35-25-18-26-36-49/h16-40,52-61H,41-46H2,1-15H3/t52-,53-,54-,55+,56+,57+,58-,59-,60-,61+/m1/s1. The Kier molecular flexibility index (Phi) is 21.7. The Morgan fingerprint density at radius 3 is 1.14 bits per heavy atom. The number of thioether (sulfide) groups is 1. The van der Waals surface area contributed by atoms with Gasteiger partial charge in [-0.05, 0) is 88.8 Å². The van der Waals surface area contributed by atoms with Gasteiger partial charge in [-0.25, -0.2) is 0 Å². The van der Waals surface area contributed by atoms with Crippen LogP contribution in [-0.4, -0.2) is 98.7 Å². The van der Waals surface area contributed by atoms with Crippen LogP contribution in [0.3, 0.4) is 0 Å². The second kappa shape index (κ2) is 27.2. The van der Waals surface area contributed by atoms with Crippen molar-refractivity contribution in [3.63, 3.8) is 0 Å². The van der Waals surface area contributed by atoms with Gasteiger partial charge >= 0.3 is 0 Å². The lowest BCUT2D eigenvalue weighted by Crippen LogP contribution is -2.70. The van der Waals surface area contributed by atoms with Crippen LogP contribution >= 0.6 is 11.8 Å². The molecule has 0 radical (unpaired) electrons. The second-order valence-electron chi connectivity index (χ2n) is 25.7. The first-order chi connectivity index (χ1) is 36.8. The van der Waals surface area contributed by atoms with Gasteiger partial charge in [0.05, 0.1) is 39.6 Å². The van der Waals surface area contributed by atoms with Gasteiger partial charge in [0, 0.05) is 4.90 Å². The molecule has 2 saturated heterocycles. The average molecular weight is 1140 g/mol. The largest absolute Gasteiger partial charge is 0.408 e. The van der Waals surface area contributed by atoms with Crippen molar-refractivity contribution in [3.8, 4) is 0 Å². The maximum Gasteiger partial charge on any atom is 0.192 e. The van der Waals surface area contributed by atoms with Crippen molar-refractivity contribution in [1.29, 1.82) is 0 Å². The number of hydrogen-bond donors (Lipinski definition) is 0. The molecule has 0 N–H and O–H groups in total. The number of ether oxygens (including phenoxy) is 7. The van der Waals surface area contributed by atoms with Crippen molar-refractivity contribution in [2.24, 2.45) is 0 Å². The van der Waals surface area contributed by atoms with Crippen LogP contribution in [0.4, 0.5) is 0 Å². The number of rotatable bonds is 24. The SMILES string of the molecule is CC(C)(C)[Si](C)(C)O[C@H]1[C@@H](O[Si](C)(C)C(C)(C)C)[C@@H](COCc2ccccc2)O[C@H](O[C@H]2[C@H](OCc3ccccc3)[C@@H](OCc3ccccc3)[C@H](Sc3ccccc3)O[C@@H]2COCc2ccccc2)[C@@H]1O[Si](C)(C)C(C)(C)C. The molecule has 14 heteroatoms. The fourth-order valence-electron chi connectivity index (χ4n) is 8.77. The monoisotopic (exact) mass is 1140 g/mol. The van der Waals surface area contributed by atoms with E-state index in [0.717, 1.165) is 27.1 Å². The quantitative estimate of drug-likeness (QED) is 0.0553. The fraction of sp³-hybridized carbons (Fsp3) is 0.531. The lowest BCUT2D eigenvalue weighted by molar-refractivity contribution is -0.340. The van der Waals surface area contributed by atoms with Crippen LogP contribution in [0.25, 0.3) is 0 Å². The molecule has 2 aliphatic rings. The molecule has 0 saturated carbocycles. The zero-order valence-electron chi connectivity index (χ0n) is 49.4. The highest BCUT2D eigenvalue weighted by molar-refractivity contribution is 7.99. The second-order valence-corrected chi connectivity index (χ2v) is 41.1. The Morgan fingerprint density at radius 1 is 0.385 bits per heavy atom. The van der Waals surface area contributed by atoms with Crippen LogP contribution in [0.15, 0.2) is 157 Å². The molecule has 5 aromatic carbocycles. The summed E-state index contributed by atoms with van der Waals surface area (Å²) in [5.41, 5.74) is 3.63. The topological polar surface area (TPSA) is 92.3 Å². The van der Waals surface area contributed by atoms with Crippen molar-refractivity contribution >= 4 is 36.7 Å². The fourth-order valence-corrected chi connectivity index (χ4v) is 13.8. The summed E-state index contributed by atoms with van der Waals surface area (Å²) in [6.45, 7) is 36.1. The Balaban J connectivity index is 1.40. The average Bonchev–Trinajstić information content (AvgIpc) is 3.59. The molecule has 5 aromatic rings. The van der Waals surface area contributed by atoms with Crippen molar-refractivity contribution in [3.05, 3.63) is 174 Å². The third kappa shape index (κ3) is 16.9. The highest BCUT2D eigenvalue weighted by Crippen LogP contribution is 2.47. The summed E-state index contributed by atoms with van der Waals surface area (Å²) in [5, 5.41) is -0.481. The summed E-state index contributed by atoms with van der Waals surface area (Å²) in [5.74, 6) is 0. The maximum atomic E-state index is 7.87. The van der Waals surface area contributed by atoms with Crippen LogP contribution < -0.4 is 0 Å². The molecule has 0 amide bonds. The van der Waals surface area contributed by atoms with E-state index < -0.39 is 85.5 Å². The van der Waals surface area contributed by atoms with E-state index >= 15 is 0 Å². The van der Waals surface area contributed by atoms with Crippen molar-refractivity contribution < 1.29 is 46.4 Å². The molecule has 7 rings (SSSR count). The van der Waals surface area contributed by atoms with Gasteiger partial charge in [0.25, 0.3) is 0 Å². The maximum absolute atomic E-state index is 7.87. The summed E-state index contributed by atoms with van der Waals surface area (Å²) in [6.07, 6.45) is -6.42. The lowest BCUT2D eigenvalue weighted by Gasteiger charge is -2.55. The minimum atomic E-state index is -2.66. The highest BCUT2D eigenvalue weighted by atomic mass is 32.2. The van der Waals surface area contributed by atoms with Gasteiger partial charge in [-0.2, -0.15) is 0 Å². The predicted octanol–water partition coefficient (Wildman–Crippen LogP) is 15.4. The third-order valence-corrected chi connectivity index (χ3v) is 31.1. The van der Waals surface area contributed by atoms with E-state index in [0.29, 0.717) is 26.4 Å². The Morgan fingerprint density at radius 2 is 0.731 bits per heavy atom. The first-order valence-electron chi connectivity index (χ1n) is 28.1. The van der Waals surface area contributed by atoms with Crippen molar-refractivity contribution in [2.45, 2.75) is 209 Å². The van der Waals surface area contributed by atoms with Gasteiger partial charge < -0.3 is 46.4 Å². The molecule has 426 valence electrons. The van der Waals surface area contributed by atoms with Gasteiger partial charge in [-0.15, -0.1) is 0 Å². The Hall–Kier alpha value is -3.30. The third-order valence-electron chi connectivity index (χ3n) is 16.5. The van der Waals surface area contributed by atoms with Gasteiger partial charge in [0.15, 0.2) is 31.2 Å². The molecule has 2 heterocycles. The van der Waals surface area contributed by atoms with Crippen LogP contribution in [0.1, 0.15) is 84.6 Å². The molecular weight excluding hydrogens is 1050 g/mol. The smallest absolute Gasteiger partial charge is 0.192 e. The van der Waals surface area contributed by atoms with E-state index in [1.807, 2.05) is 91.0 Å². The molecule has 2 fully saturated rings. The zero-order valence-corrected chi connectivity index (χ0v) is 53.3. The van der Waals surface area contributed by atoms with Crippen LogP contribution in [0.5, 0.6) is 0 Å². The summed E-state index contributed by atoms with van der Waals surface area (Å²) < 4.78 is 74.3. The molecule has 0 spiro atoms. The molecule has 0 bridgehead atoms.